The van der Waals surface area contributed by atoms with E-state index >= 15 is 0 Å². The Morgan fingerprint density at radius 3 is 2.45 bits per heavy atom. The Labute approximate surface area is 125 Å². The molecular formula is C14H22ClN3O2. The third-order valence-electron chi connectivity index (χ3n) is 2.61. The van der Waals surface area contributed by atoms with Gasteiger partial charge in [0.05, 0.1) is 11.4 Å². The predicted octanol–water partition coefficient (Wildman–Crippen LogP) is 2.33. The van der Waals surface area contributed by atoms with Gasteiger partial charge in [-0.3, -0.25) is 9.59 Å². The van der Waals surface area contributed by atoms with E-state index < -0.39 is 0 Å². The van der Waals surface area contributed by atoms with Crippen LogP contribution in [0.2, 0.25) is 0 Å². The highest BCUT2D eigenvalue weighted by atomic mass is 35.5. The Balaban J connectivity index is 0.00000361. The molecule has 0 fully saturated rings. The van der Waals surface area contributed by atoms with Crippen molar-refractivity contribution in [3.8, 4) is 0 Å². The van der Waals surface area contributed by atoms with Crippen LogP contribution in [0, 0.1) is 0 Å². The van der Waals surface area contributed by atoms with E-state index in [0.717, 1.165) is 6.42 Å². The fourth-order valence-electron chi connectivity index (χ4n) is 1.59. The molecule has 20 heavy (non-hydrogen) atoms. The highest BCUT2D eigenvalue weighted by Gasteiger charge is 2.06. The van der Waals surface area contributed by atoms with Gasteiger partial charge in [0.2, 0.25) is 11.8 Å². The molecule has 1 aromatic carbocycles. The lowest BCUT2D eigenvalue weighted by Gasteiger charge is -2.07. The van der Waals surface area contributed by atoms with E-state index in [9.17, 15) is 9.59 Å². The number of nitrogen functional groups attached to an aromatic ring is 1. The first kappa shape index (κ1) is 18.2. The molecule has 0 saturated carbocycles. The van der Waals surface area contributed by atoms with Gasteiger partial charge in [-0.2, -0.15) is 0 Å². The number of carbonyl (C=O) groups excluding carboxylic acids is 2. The number of halogens is 1. The summed E-state index contributed by atoms with van der Waals surface area (Å²) in [5, 5.41) is 5.51. The van der Waals surface area contributed by atoms with Gasteiger partial charge in [-0.15, -0.1) is 12.4 Å². The van der Waals surface area contributed by atoms with E-state index in [1.165, 1.54) is 0 Å². The van der Waals surface area contributed by atoms with E-state index in [1.54, 1.807) is 12.1 Å². The van der Waals surface area contributed by atoms with Gasteiger partial charge in [-0.25, -0.2) is 0 Å². The van der Waals surface area contributed by atoms with Gasteiger partial charge in [0.25, 0.3) is 0 Å². The van der Waals surface area contributed by atoms with Crippen LogP contribution in [0.5, 0.6) is 0 Å². The SMILES string of the molecule is CCCNC(=O)CCCC(=O)Nc1ccccc1N.Cl. The van der Waals surface area contributed by atoms with E-state index in [4.69, 9.17) is 5.73 Å². The molecule has 0 aliphatic rings. The van der Waals surface area contributed by atoms with Gasteiger partial charge in [-0.05, 0) is 25.0 Å². The van der Waals surface area contributed by atoms with E-state index in [-0.39, 0.29) is 24.2 Å². The Morgan fingerprint density at radius 1 is 1.15 bits per heavy atom. The van der Waals surface area contributed by atoms with Crippen LogP contribution in [-0.4, -0.2) is 18.4 Å². The number of nitrogens with two attached hydrogens (primary N) is 1. The summed E-state index contributed by atoms with van der Waals surface area (Å²) < 4.78 is 0. The van der Waals surface area contributed by atoms with Gasteiger partial charge in [-0.1, -0.05) is 19.1 Å². The number of nitrogens with one attached hydrogen (secondary N) is 2. The average molecular weight is 300 g/mol. The fourth-order valence-corrected chi connectivity index (χ4v) is 1.59. The van der Waals surface area contributed by atoms with Crippen molar-refractivity contribution in [2.45, 2.75) is 32.6 Å². The Morgan fingerprint density at radius 2 is 1.80 bits per heavy atom. The van der Waals surface area contributed by atoms with Crippen LogP contribution in [0.4, 0.5) is 11.4 Å². The van der Waals surface area contributed by atoms with Crippen LogP contribution in [0.25, 0.3) is 0 Å². The van der Waals surface area contributed by atoms with Gasteiger partial charge < -0.3 is 16.4 Å². The molecule has 0 aromatic heterocycles. The summed E-state index contributed by atoms with van der Waals surface area (Å²) in [6.45, 7) is 2.68. The molecule has 6 heteroatoms. The molecule has 0 radical (unpaired) electrons. The van der Waals surface area contributed by atoms with Crippen LogP contribution in [0.15, 0.2) is 24.3 Å². The summed E-state index contributed by atoms with van der Waals surface area (Å²) in [6, 6.07) is 7.10. The minimum absolute atomic E-state index is 0. The summed E-state index contributed by atoms with van der Waals surface area (Å²) in [5.41, 5.74) is 6.87. The largest absolute Gasteiger partial charge is 0.397 e. The molecule has 0 bridgehead atoms. The first-order valence-electron chi connectivity index (χ1n) is 6.54. The number of para-hydroxylation sites is 2. The van der Waals surface area contributed by atoms with Crippen molar-refractivity contribution < 1.29 is 9.59 Å². The molecule has 0 heterocycles. The zero-order valence-corrected chi connectivity index (χ0v) is 12.5. The van der Waals surface area contributed by atoms with E-state index in [1.807, 2.05) is 19.1 Å². The summed E-state index contributed by atoms with van der Waals surface area (Å²) in [4.78, 5) is 23.0. The lowest BCUT2D eigenvalue weighted by atomic mass is 10.2. The van der Waals surface area contributed by atoms with Gasteiger partial charge >= 0.3 is 0 Å². The van der Waals surface area contributed by atoms with E-state index in [2.05, 4.69) is 10.6 Å². The number of carbonyl (C=O) groups is 2. The number of amides is 2. The first-order valence-corrected chi connectivity index (χ1v) is 6.54. The lowest BCUT2D eigenvalue weighted by molar-refractivity contribution is -0.121. The summed E-state index contributed by atoms with van der Waals surface area (Å²) in [6.07, 6.45) is 2.14. The van der Waals surface area contributed by atoms with Crippen LogP contribution >= 0.6 is 12.4 Å². The standard InChI is InChI=1S/C14H21N3O2.ClH/c1-2-10-16-13(18)8-5-9-14(19)17-12-7-4-3-6-11(12)15;/h3-4,6-7H,2,5,8-10,15H2,1H3,(H,16,18)(H,17,19);1H. The molecule has 5 nitrogen and oxygen atoms in total. The fraction of sp³-hybridized carbons (Fsp3) is 0.429. The quantitative estimate of drug-likeness (QED) is 0.676. The van der Waals surface area contributed by atoms with Crippen LogP contribution < -0.4 is 16.4 Å². The third-order valence-corrected chi connectivity index (χ3v) is 2.61. The highest BCUT2D eigenvalue weighted by Crippen LogP contribution is 2.17. The minimum atomic E-state index is -0.124. The first-order chi connectivity index (χ1) is 9.13. The van der Waals surface area contributed by atoms with E-state index in [0.29, 0.717) is 37.2 Å². The summed E-state index contributed by atoms with van der Waals surface area (Å²) >= 11 is 0. The summed E-state index contributed by atoms with van der Waals surface area (Å²) in [7, 11) is 0. The molecule has 0 aliphatic heterocycles. The number of hydrogen-bond donors (Lipinski definition) is 3. The molecule has 0 aliphatic carbocycles. The van der Waals surface area contributed by atoms with Crippen LogP contribution in [0.3, 0.4) is 0 Å². The van der Waals surface area contributed by atoms with Crippen LogP contribution in [-0.2, 0) is 9.59 Å². The molecular weight excluding hydrogens is 278 g/mol. The number of benzene rings is 1. The maximum Gasteiger partial charge on any atom is 0.224 e. The molecule has 0 spiro atoms. The zero-order chi connectivity index (χ0) is 14.1. The van der Waals surface area contributed by atoms with Gasteiger partial charge in [0.1, 0.15) is 0 Å². The number of rotatable bonds is 7. The second kappa shape index (κ2) is 10.1. The van der Waals surface area contributed by atoms with Gasteiger partial charge in [0.15, 0.2) is 0 Å². The Kier molecular flexibility index (Phi) is 9.20. The second-order valence-electron chi connectivity index (χ2n) is 4.34. The monoisotopic (exact) mass is 299 g/mol. The van der Waals surface area contributed by atoms with Crippen molar-refractivity contribution in [3.63, 3.8) is 0 Å². The average Bonchev–Trinajstić information content (AvgIpc) is 2.39. The topological polar surface area (TPSA) is 84.2 Å². The molecule has 4 N–H and O–H groups in total. The minimum Gasteiger partial charge on any atom is -0.397 e. The van der Waals surface area contributed by atoms with Gasteiger partial charge in [0, 0.05) is 19.4 Å². The predicted molar refractivity (Wildman–Crippen MR) is 83.9 cm³/mol. The molecule has 1 aromatic rings. The normalized spacial score (nSPS) is 9.45. The van der Waals surface area contributed by atoms with Crippen molar-refractivity contribution in [2.75, 3.05) is 17.6 Å². The van der Waals surface area contributed by atoms with Crippen LogP contribution in [0.1, 0.15) is 32.6 Å². The maximum absolute atomic E-state index is 11.7. The van der Waals surface area contributed by atoms with Crippen molar-refractivity contribution in [1.29, 1.82) is 0 Å². The maximum atomic E-state index is 11.7. The Bertz CT molecular complexity index is 438. The molecule has 0 unspecified atom stereocenters. The van der Waals surface area contributed by atoms with Crippen molar-refractivity contribution in [3.05, 3.63) is 24.3 Å². The molecule has 0 atom stereocenters. The third kappa shape index (κ3) is 6.99. The van der Waals surface area contributed by atoms with Crippen molar-refractivity contribution >= 4 is 35.6 Å². The smallest absolute Gasteiger partial charge is 0.224 e. The molecule has 2 amide bonds. The molecule has 112 valence electrons. The summed E-state index contributed by atoms with van der Waals surface area (Å²) in [5.74, 6) is -0.130. The highest BCUT2D eigenvalue weighted by molar-refractivity contribution is 5.93. The molecule has 1 rings (SSSR count). The Hall–Kier alpha value is -1.75. The molecule has 0 saturated heterocycles. The lowest BCUT2D eigenvalue weighted by Crippen LogP contribution is -2.24. The zero-order valence-electron chi connectivity index (χ0n) is 11.6. The van der Waals surface area contributed by atoms with Crippen molar-refractivity contribution in [2.24, 2.45) is 0 Å². The second-order valence-corrected chi connectivity index (χ2v) is 4.34. The number of hydrogen-bond acceptors (Lipinski definition) is 3. The number of anilines is 2. The van der Waals surface area contributed by atoms with Crippen molar-refractivity contribution in [1.82, 2.24) is 5.32 Å².